The molecule has 0 unspecified atom stereocenters. The lowest BCUT2D eigenvalue weighted by atomic mass is 10.3. The number of benzene rings is 1. The molecule has 0 fully saturated rings. The zero-order chi connectivity index (χ0) is 17.6. The molecule has 3 rings (SSSR count). The number of hydrogen-bond donors (Lipinski definition) is 2. The number of ether oxygens (including phenoxy) is 1. The van der Waals surface area contributed by atoms with Crippen LogP contribution in [0.3, 0.4) is 0 Å². The molecule has 0 saturated heterocycles. The summed E-state index contributed by atoms with van der Waals surface area (Å²) >= 11 is 1.000. The fourth-order valence-electron chi connectivity index (χ4n) is 2.00. The number of hydrogen-bond acceptors (Lipinski definition) is 10. The predicted octanol–water partition coefficient (Wildman–Crippen LogP) is 1.97. The van der Waals surface area contributed by atoms with E-state index in [2.05, 4.69) is 29.9 Å². The summed E-state index contributed by atoms with van der Waals surface area (Å²) in [6.45, 7) is 1.76. The van der Waals surface area contributed by atoms with Crippen LogP contribution < -0.4 is 11.1 Å². The van der Waals surface area contributed by atoms with Gasteiger partial charge in [-0.15, -0.1) is 5.10 Å². The summed E-state index contributed by atoms with van der Waals surface area (Å²) in [7, 11) is 0. The van der Waals surface area contributed by atoms with Crippen LogP contribution in [0.15, 0.2) is 30.3 Å². The highest BCUT2D eigenvalue weighted by atomic mass is 32.1. The van der Waals surface area contributed by atoms with E-state index in [1.54, 1.807) is 0 Å². The summed E-state index contributed by atoms with van der Waals surface area (Å²) in [6, 6.07) is 9.39. The Bertz CT molecular complexity index is 869. The minimum Gasteiger partial charge on any atom is -0.453 e. The zero-order valence-electron chi connectivity index (χ0n) is 13.3. The van der Waals surface area contributed by atoms with Crippen LogP contribution in [0.1, 0.15) is 28.1 Å². The molecule has 0 aliphatic carbocycles. The summed E-state index contributed by atoms with van der Waals surface area (Å²) < 4.78 is 8.99. The largest absolute Gasteiger partial charge is 0.453 e. The van der Waals surface area contributed by atoms with Crippen LogP contribution in [0, 0.1) is 0 Å². The van der Waals surface area contributed by atoms with Crippen molar-refractivity contribution >= 4 is 35.1 Å². The summed E-state index contributed by atoms with van der Waals surface area (Å²) in [6.07, 6.45) is 0.602. The van der Waals surface area contributed by atoms with Gasteiger partial charge in [0.05, 0.1) is 5.69 Å². The third-order valence-electron chi connectivity index (χ3n) is 3.14. The molecule has 0 aliphatic heterocycles. The van der Waals surface area contributed by atoms with Gasteiger partial charge >= 0.3 is 5.97 Å². The van der Waals surface area contributed by atoms with Gasteiger partial charge in [0.2, 0.25) is 11.9 Å². The Morgan fingerprint density at radius 3 is 2.80 bits per heavy atom. The van der Waals surface area contributed by atoms with Crippen molar-refractivity contribution in [2.24, 2.45) is 0 Å². The van der Waals surface area contributed by atoms with Crippen LogP contribution >= 0.6 is 11.5 Å². The van der Waals surface area contributed by atoms with Crippen molar-refractivity contribution in [3.05, 3.63) is 46.7 Å². The highest BCUT2D eigenvalue weighted by Gasteiger charge is 2.17. The lowest BCUT2D eigenvalue weighted by molar-refractivity contribution is 0.0466. The van der Waals surface area contributed by atoms with Gasteiger partial charge in [-0.05, 0) is 30.1 Å². The Balaban J connectivity index is 1.69. The van der Waals surface area contributed by atoms with Crippen molar-refractivity contribution in [2.75, 3.05) is 11.1 Å². The summed E-state index contributed by atoms with van der Waals surface area (Å²) in [5.74, 6) is 0.0462. The van der Waals surface area contributed by atoms with E-state index in [0.717, 1.165) is 17.2 Å². The van der Waals surface area contributed by atoms with E-state index in [1.165, 1.54) is 0 Å². The number of para-hydroxylation sites is 1. The molecule has 10 heteroatoms. The fourth-order valence-corrected chi connectivity index (χ4v) is 2.64. The van der Waals surface area contributed by atoms with Gasteiger partial charge in [0, 0.05) is 5.69 Å². The Labute approximate surface area is 147 Å². The highest BCUT2D eigenvalue weighted by Crippen LogP contribution is 2.15. The number of nitrogens with one attached hydrogen (secondary N) is 1. The Morgan fingerprint density at radius 1 is 1.24 bits per heavy atom. The number of anilines is 3. The van der Waals surface area contributed by atoms with Gasteiger partial charge in [0.15, 0.2) is 17.3 Å². The number of aryl methyl sites for hydroxylation is 1. The molecule has 9 nitrogen and oxygen atoms in total. The molecule has 0 aliphatic rings. The second-order valence-corrected chi connectivity index (χ2v) is 5.66. The maximum Gasteiger partial charge on any atom is 0.352 e. The monoisotopic (exact) mass is 357 g/mol. The van der Waals surface area contributed by atoms with Gasteiger partial charge in [-0.2, -0.15) is 15.0 Å². The number of carbonyl (C=O) groups is 1. The summed E-state index contributed by atoms with van der Waals surface area (Å²) in [5, 5.41) is 6.90. The van der Waals surface area contributed by atoms with Crippen LogP contribution in [-0.2, 0) is 17.8 Å². The highest BCUT2D eigenvalue weighted by molar-refractivity contribution is 7.07. The van der Waals surface area contributed by atoms with Crippen molar-refractivity contribution in [2.45, 2.75) is 20.0 Å². The molecular weight excluding hydrogens is 342 g/mol. The molecule has 3 aromatic rings. The molecule has 0 bridgehead atoms. The van der Waals surface area contributed by atoms with Crippen LogP contribution in [0.4, 0.5) is 17.6 Å². The van der Waals surface area contributed by atoms with Gasteiger partial charge in [-0.1, -0.05) is 29.6 Å². The molecule has 0 amide bonds. The fraction of sp³-hybridized carbons (Fsp3) is 0.200. The molecule has 3 N–H and O–H groups in total. The standard InChI is InChI=1S/C15H15N7O2S/c1-2-10-12(25-22-21-10)13(23)24-8-11-18-14(16)20-15(19-11)17-9-6-4-3-5-7-9/h3-7H,2,8H2,1H3,(H3,16,17,18,19,20). The van der Waals surface area contributed by atoms with Crippen LogP contribution in [0.2, 0.25) is 0 Å². The zero-order valence-corrected chi connectivity index (χ0v) is 14.2. The summed E-state index contributed by atoms with van der Waals surface area (Å²) in [5.41, 5.74) is 7.11. The van der Waals surface area contributed by atoms with Gasteiger partial charge in [0.25, 0.3) is 0 Å². The number of aromatic nitrogens is 5. The van der Waals surface area contributed by atoms with Crippen molar-refractivity contribution in [1.29, 1.82) is 0 Å². The first-order chi connectivity index (χ1) is 12.2. The van der Waals surface area contributed by atoms with Crippen molar-refractivity contribution in [3.8, 4) is 0 Å². The first kappa shape index (κ1) is 16.7. The van der Waals surface area contributed by atoms with E-state index in [1.807, 2.05) is 37.3 Å². The molecule has 0 saturated carbocycles. The minimum absolute atomic E-state index is 0.0354. The van der Waals surface area contributed by atoms with E-state index in [9.17, 15) is 4.79 Å². The van der Waals surface area contributed by atoms with Gasteiger partial charge in [-0.3, -0.25) is 0 Å². The quantitative estimate of drug-likeness (QED) is 0.636. The maximum atomic E-state index is 12.1. The number of carbonyl (C=O) groups excluding carboxylic acids is 1. The number of rotatable bonds is 6. The van der Waals surface area contributed by atoms with Crippen molar-refractivity contribution in [1.82, 2.24) is 24.5 Å². The van der Waals surface area contributed by atoms with Crippen molar-refractivity contribution in [3.63, 3.8) is 0 Å². The molecule has 0 spiro atoms. The molecular formula is C15H15N7O2S. The second-order valence-electron chi connectivity index (χ2n) is 4.90. The predicted molar refractivity (Wildman–Crippen MR) is 92.4 cm³/mol. The maximum absolute atomic E-state index is 12.1. The van der Waals surface area contributed by atoms with E-state index in [4.69, 9.17) is 10.5 Å². The van der Waals surface area contributed by atoms with Gasteiger partial charge in [-0.25, -0.2) is 4.79 Å². The Hall–Kier alpha value is -3.14. The normalized spacial score (nSPS) is 10.4. The van der Waals surface area contributed by atoms with Crippen molar-refractivity contribution < 1.29 is 9.53 Å². The SMILES string of the molecule is CCc1nnsc1C(=O)OCc1nc(N)nc(Nc2ccccc2)n1. The van der Waals surface area contributed by atoms with E-state index < -0.39 is 5.97 Å². The number of esters is 1. The average Bonchev–Trinajstić information content (AvgIpc) is 3.09. The van der Waals surface area contributed by atoms with E-state index in [0.29, 0.717) is 17.0 Å². The lowest BCUT2D eigenvalue weighted by Gasteiger charge is -2.07. The molecule has 128 valence electrons. The van der Waals surface area contributed by atoms with E-state index >= 15 is 0 Å². The topological polar surface area (TPSA) is 129 Å². The molecule has 0 radical (unpaired) electrons. The minimum atomic E-state index is -0.511. The Kier molecular flexibility index (Phi) is 5.09. The van der Waals surface area contributed by atoms with Crippen LogP contribution in [-0.4, -0.2) is 30.5 Å². The Morgan fingerprint density at radius 2 is 2.04 bits per heavy atom. The average molecular weight is 357 g/mol. The number of nitrogens with zero attached hydrogens (tertiary/aromatic N) is 5. The first-order valence-electron chi connectivity index (χ1n) is 7.46. The van der Waals surface area contributed by atoms with Gasteiger partial charge < -0.3 is 15.8 Å². The molecule has 0 atom stereocenters. The van der Waals surface area contributed by atoms with E-state index in [-0.39, 0.29) is 24.3 Å². The molecule has 2 heterocycles. The van der Waals surface area contributed by atoms with Crippen LogP contribution in [0.25, 0.3) is 0 Å². The second kappa shape index (κ2) is 7.62. The first-order valence-corrected chi connectivity index (χ1v) is 8.24. The van der Waals surface area contributed by atoms with Gasteiger partial charge in [0.1, 0.15) is 0 Å². The third-order valence-corrected chi connectivity index (χ3v) is 3.89. The van der Waals surface area contributed by atoms with Crippen LogP contribution in [0.5, 0.6) is 0 Å². The lowest BCUT2D eigenvalue weighted by Crippen LogP contribution is -2.11. The smallest absolute Gasteiger partial charge is 0.352 e. The number of nitrogen functional groups attached to an aromatic ring is 1. The molecule has 1 aromatic carbocycles. The number of nitrogens with two attached hydrogens (primary N) is 1. The third kappa shape index (κ3) is 4.23. The summed E-state index contributed by atoms with van der Waals surface area (Å²) in [4.78, 5) is 24.7. The molecule has 2 aromatic heterocycles. The molecule has 25 heavy (non-hydrogen) atoms.